The lowest BCUT2D eigenvalue weighted by molar-refractivity contribution is 0.152. The van der Waals surface area contributed by atoms with E-state index in [-0.39, 0.29) is 0 Å². The van der Waals surface area contributed by atoms with E-state index >= 15 is 0 Å². The number of hydrogen-bond acceptors (Lipinski definition) is 3. The van der Waals surface area contributed by atoms with E-state index in [1.54, 1.807) is 0 Å². The summed E-state index contributed by atoms with van der Waals surface area (Å²) in [6.45, 7) is 5.91. The number of nitrogens with zero attached hydrogens (tertiary/aromatic N) is 1. The van der Waals surface area contributed by atoms with Crippen LogP contribution in [0, 0.1) is 0 Å². The maximum atomic E-state index is 5.50. The van der Waals surface area contributed by atoms with Crippen LogP contribution in [0.3, 0.4) is 0 Å². The molecule has 1 N–H and O–H groups in total. The number of rotatable bonds is 3. The van der Waals surface area contributed by atoms with Crippen LogP contribution in [0.2, 0.25) is 0 Å². The van der Waals surface area contributed by atoms with Gasteiger partial charge in [0.25, 0.3) is 0 Å². The fourth-order valence-corrected chi connectivity index (χ4v) is 2.85. The number of nitrogens with one attached hydrogen (secondary N) is 1. The molecule has 0 saturated carbocycles. The molecule has 2 rings (SSSR count). The number of anilines is 1. The Balaban J connectivity index is 2.18. The molecule has 1 saturated heterocycles. The van der Waals surface area contributed by atoms with Gasteiger partial charge in [-0.2, -0.15) is 0 Å². The van der Waals surface area contributed by atoms with Crippen molar-refractivity contribution < 1.29 is 4.74 Å². The summed E-state index contributed by atoms with van der Waals surface area (Å²) in [6.07, 6.45) is 1.10. The summed E-state index contributed by atoms with van der Waals surface area (Å²) in [4.78, 5) is 2.39. The van der Waals surface area contributed by atoms with Gasteiger partial charge in [0.05, 0.1) is 12.3 Å². The fraction of sp³-hybridized carbons (Fsp3) is 0.571. The first kappa shape index (κ1) is 13.8. The van der Waals surface area contributed by atoms with Gasteiger partial charge in [-0.25, -0.2) is 0 Å². The zero-order chi connectivity index (χ0) is 13.0. The van der Waals surface area contributed by atoms with E-state index in [2.05, 4.69) is 51.3 Å². The van der Waals surface area contributed by atoms with E-state index in [0.29, 0.717) is 6.04 Å². The van der Waals surface area contributed by atoms with Crippen molar-refractivity contribution in [3.63, 3.8) is 0 Å². The Labute approximate surface area is 118 Å². The van der Waals surface area contributed by atoms with Crippen LogP contribution in [-0.4, -0.2) is 33.4 Å². The summed E-state index contributed by atoms with van der Waals surface area (Å²) in [5.41, 5.74) is 2.58. The van der Waals surface area contributed by atoms with Gasteiger partial charge in [0, 0.05) is 30.2 Å². The zero-order valence-electron chi connectivity index (χ0n) is 11.1. The molecule has 0 amide bonds. The highest BCUT2D eigenvalue weighted by atomic mass is 79.9. The van der Waals surface area contributed by atoms with Crippen LogP contribution in [-0.2, 0) is 4.74 Å². The predicted octanol–water partition coefficient (Wildman–Crippen LogP) is 2.96. The molecular formula is C14H21BrN2O. The number of hydrogen-bond donors (Lipinski definition) is 1. The second-order valence-electron chi connectivity index (χ2n) is 4.67. The second-order valence-corrected chi connectivity index (χ2v) is 5.53. The summed E-state index contributed by atoms with van der Waals surface area (Å²) in [5, 5.41) is 3.26. The molecule has 100 valence electrons. The third-order valence-corrected chi connectivity index (χ3v) is 4.10. The van der Waals surface area contributed by atoms with Crippen molar-refractivity contribution in [2.24, 2.45) is 0 Å². The lowest BCUT2D eigenvalue weighted by Gasteiger charge is -2.24. The highest BCUT2D eigenvalue weighted by molar-refractivity contribution is 9.10. The normalized spacial score (nSPS) is 18.5. The topological polar surface area (TPSA) is 24.5 Å². The molecule has 0 aliphatic carbocycles. The molecule has 1 aliphatic rings. The molecule has 4 heteroatoms. The van der Waals surface area contributed by atoms with E-state index in [0.717, 1.165) is 32.7 Å². The maximum absolute atomic E-state index is 5.50. The molecule has 1 atom stereocenters. The minimum absolute atomic E-state index is 0.378. The van der Waals surface area contributed by atoms with Gasteiger partial charge < -0.3 is 15.0 Å². The van der Waals surface area contributed by atoms with E-state index in [1.165, 1.54) is 15.7 Å². The standard InChI is InChI=1S/C14H21BrN2O/c1-11(16-2)12-4-5-14(13(15)10-12)17-6-3-8-18-9-7-17/h4-5,10-11,16H,3,6-9H2,1-2H3. The third-order valence-electron chi connectivity index (χ3n) is 3.47. The van der Waals surface area contributed by atoms with Crippen molar-refractivity contribution in [1.82, 2.24) is 5.32 Å². The summed E-state index contributed by atoms with van der Waals surface area (Å²) < 4.78 is 6.67. The van der Waals surface area contributed by atoms with Gasteiger partial charge in [-0.3, -0.25) is 0 Å². The van der Waals surface area contributed by atoms with Crippen LogP contribution < -0.4 is 10.2 Å². The largest absolute Gasteiger partial charge is 0.380 e. The minimum Gasteiger partial charge on any atom is -0.380 e. The Hall–Kier alpha value is -0.580. The Morgan fingerprint density at radius 2 is 2.17 bits per heavy atom. The molecular weight excluding hydrogens is 292 g/mol. The van der Waals surface area contributed by atoms with E-state index in [4.69, 9.17) is 4.74 Å². The first-order valence-corrected chi connectivity index (χ1v) is 7.31. The molecule has 1 fully saturated rings. The summed E-state index contributed by atoms with van der Waals surface area (Å²) in [6, 6.07) is 7.00. The molecule has 3 nitrogen and oxygen atoms in total. The highest BCUT2D eigenvalue weighted by Gasteiger charge is 2.14. The zero-order valence-corrected chi connectivity index (χ0v) is 12.7. The monoisotopic (exact) mass is 312 g/mol. The van der Waals surface area contributed by atoms with Crippen LogP contribution in [0.5, 0.6) is 0 Å². The van der Waals surface area contributed by atoms with Gasteiger partial charge in [-0.05, 0) is 54.0 Å². The second kappa shape index (κ2) is 6.55. The van der Waals surface area contributed by atoms with Gasteiger partial charge in [0.2, 0.25) is 0 Å². The van der Waals surface area contributed by atoms with Gasteiger partial charge in [0.1, 0.15) is 0 Å². The van der Waals surface area contributed by atoms with Crippen molar-refractivity contribution in [3.8, 4) is 0 Å². The molecule has 0 spiro atoms. The number of benzene rings is 1. The van der Waals surface area contributed by atoms with Gasteiger partial charge in [-0.1, -0.05) is 6.07 Å². The lowest BCUT2D eigenvalue weighted by Crippen LogP contribution is -2.26. The first-order chi connectivity index (χ1) is 8.72. The maximum Gasteiger partial charge on any atom is 0.0641 e. The number of ether oxygens (including phenoxy) is 1. The van der Waals surface area contributed by atoms with Crippen LogP contribution in [0.25, 0.3) is 0 Å². The smallest absolute Gasteiger partial charge is 0.0641 e. The molecule has 0 radical (unpaired) electrons. The van der Waals surface area contributed by atoms with Crippen molar-refractivity contribution in [2.45, 2.75) is 19.4 Å². The van der Waals surface area contributed by atoms with Crippen molar-refractivity contribution in [3.05, 3.63) is 28.2 Å². The minimum atomic E-state index is 0.378. The SMILES string of the molecule is CNC(C)c1ccc(N2CCCOCC2)c(Br)c1. The molecule has 1 aliphatic heterocycles. The average Bonchev–Trinajstić information content (AvgIpc) is 2.66. The first-order valence-electron chi connectivity index (χ1n) is 6.52. The molecule has 1 aromatic carbocycles. The molecule has 18 heavy (non-hydrogen) atoms. The fourth-order valence-electron chi connectivity index (χ4n) is 2.20. The van der Waals surface area contributed by atoms with Crippen molar-refractivity contribution in [2.75, 3.05) is 38.3 Å². The summed E-state index contributed by atoms with van der Waals surface area (Å²) in [5.74, 6) is 0. The van der Waals surface area contributed by atoms with Crippen LogP contribution in [0.15, 0.2) is 22.7 Å². The van der Waals surface area contributed by atoms with Gasteiger partial charge >= 0.3 is 0 Å². The van der Waals surface area contributed by atoms with Crippen LogP contribution in [0.1, 0.15) is 24.9 Å². The van der Waals surface area contributed by atoms with Gasteiger partial charge in [-0.15, -0.1) is 0 Å². The van der Waals surface area contributed by atoms with E-state index < -0.39 is 0 Å². The predicted molar refractivity (Wildman–Crippen MR) is 79.3 cm³/mol. The Bertz CT molecular complexity index is 389. The van der Waals surface area contributed by atoms with Crippen LogP contribution in [0.4, 0.5) is 5.69 Å². The van der Waals surface area contributed by atoms with Crippen LogP contribution >= 0.6 is 15.9 Å². The molecule has 0 aromatic heterocycles. The molecule has 1 unspecified atom stereocenters. The summed E-state index contributed by atoms with van der Waals surface area (Å²) in [7, 11) is 1.98. The number of halogens is 1. The Morgan fingerprint density at radius 1 is 1.33 bits per heavy atom. The average molecular weight is 313 g/mol. The van der Waals surface area contributed by atoms with E-state index in [1.807, 2.05) is 7.05 Å². The Morgan fingerprint density at radius 3 is 2.89 bits per heavy atom. The quantitative estimate of drug-likeness (QED) is 0.928. The lowest BCUT2D eigenvalue weighted by atomic mass is 10.1. The molecule has 1 aromatic rings. The van der Waals surface area contributed by atoms with E-state index in [9.17, 15) is 0 Å². The summed E-state index contributed by atoms with van der Waals surface area (Å²) >= 11 is 3.70. The van der Waals surface area contributed by atoms with Crippen molar-refractivity contribution >= 4 is 21.6 Å². The molecule has 0 bridgehead atoms. The highest BCUT2D eigenvalue weighted by Crippen LogP contribution is 2.29. The molecule has 1 heterocycles. The third kappa shape index (κ3) is 3.25. The van der Waals surface area contributed by atoms with Crippen molar-refractivity contribution in [1.29, 1.82) is 0 Å². The Kier molecular flexibility index (Phi) is 5.03. The van der Waals surface area contributed by atoms with Gasteiger partial charge in [0.15, 0.2) is 0 Å².